The van der Waals surface area contributed by atoms with Crippen LogP contribution in [0.4, 0.5) is 0 Å². The molecule has 0 saturated heterocycles. The summed E-state index contributed by atoms with van der Waals surface area (Å²) in [6.45, 7) is 20.7. The van der Waals surface area contributed by atoms with Gasteiger partial charge in [0.05, 0.1) is 0 Å². The Morgan fingerprint density at radius 2 is 1.77 bits per heavy atom. The molecule has 5 atom stereocenters. The molecular formula is C39H48. The van der Waals surface area contributed by atoms with Crippen molar-refractivity contribution in [1.82, 2.24) is 0 Å². The first-order valence-electron chi connectivity index (χ1n) is 15.5. The lowest BCUT2D eigenvalue weighted by Gasteiger charge is -2.33. The van der Waals surface area contributed by atoms with Crippen molar-refractivity contribution in [3.63, 3.8) is 0 Å². The van der Waals surface area contributed by atoms with E-state index in [1.54, 1.807) is 5.56 Å². The van der Waals surface area contributed by atoms with Crippen molar-refractivity contribution in [3.8, 4) is 11.1 Å². The maximum atomic E-state index is 4.62. The summed E-state index contributed by atoms with van der Waals surface area (Å²) in [7, 11) is 0. The van der Waals surface area contributed by atoms with Crippen molar-refractivity contribution < 1.29 is 0 Å². The quantitative estimate of drug-likeness (QED) is 0.335. The van der Waals surface area contributed by atoms with Gasteiger partial charge in [0.2, 0.25) is 0 Å². The number of aryl methyl sites for hydroxylation is 2. The van der Waals surface area contributed by atoms with Crippen molar-refractivity contribution >= 4 is 6.08 Å². The molecule has 0 heteroatoms. The highest BCUT2D eigenvalue weighted by atomic mass is 14.4. The highest BCUT2D eigenvalue weighted by molar-refractivity contribution is 5.80. The Hall–Kier alpha value is -2.60. The fourth-order valence-electron chi connectivity index (χ4n) is 8.58. The van der Waals surface area contributed by atoms with Crippen molar-refractivity contribution in [2.45, 2.75) is 86.0 Å². The molecular weight excluding hydrogens is 468 g/mol. The Labute approximate surface area is 238 Å². The van der Waals surface area contributed by atoms with E-state index >= 15 is 0 Å². The second-order valence-electron chi connectivity index (χ2n) is 14.7. The lowest BCUT2D eigenvalue weighted by atomic mass is 9.71. The van der Waals surface area contributed by atoms with Gasteiger partial charge in [-0.05, 0) is 127 Å². The molecule has 0 radical (unpaired) electrons. The highest BCUT2D eigenvalue weighted by Gasteiger charge is 2.39. The van der Waals surface area contributed by atoms with Crippen LogP contribution in [-0.2, 0) is 12.8 Å². The zero-order chi connectivity index (χ0) is 27.5. The highest BCUT2D eigenvalue weighted by Crippen LogP contribution is 2.51. The van der Waals surface area contributed by atoms with E-state index in [1.165, 1.54) is 82.2 Å². The van der Waals surface area contributed by atoms with Crippen LogP contribution in [0, 0.1) is 48.9 Å². The third-order valence-electron chi connectivity index (χ3n) is 10.4. The predicted octanol–water partition coefficient (Wildman–Crippen LogP) is 10.6. The molecule has 39 heavy (non-hydrogen) atoms. The number of fused-ring (bicyclic) bond motifs is 3. The molecule has 0 amide bonds. The van der Waals surface area contributed by atoms with Crippen LogP contribution in [0.5, 0.6) is 0 Å². The summed E-state index contributed by atoms with van der Waals surface area (Å²) in [4.78, 5) is 0. The van der Waals surface area contributed by atoms with E-state index in [1.807, 2.05) is 0 Å². The van der Waals surface area contributed by atoms with E-state index in [9.17, 15) is 0 Å². The van der Waals surface area contributed by atoms with Gasteiger partial charge >= 0.3 is 0 Å². The molecule has 0 aromatic heterocycles. The van der Waals surface area contributed by atoms with Gasteiger partial charge in [0, 0.05) is 5.92 Å². The molecule has 2 aromatic carbocycles. The zero-order valence-corrected chi connectivity index (χ0v) is 25.1. The number of allylic oxidation sites excluding steroid dienone is 5. The van der Waals surface area contributed by atoms with Gasteiger partial charge in [0.1, 0.15) is 0 Å². The number of benzene rings is 2. The summed E-state index contributed by atoms with van der Waals surface area (Å²) in [5, 5.41) is 0. The van der Waals surface area contributed by atoms with E-state index in [2.05, 4.69) is 96.3 Å². The minimum absolute atomic E-state index is 0.292. The van der Waals surface area contributed by atoms with Gasteiger partial charge < -0.3 is 0 Å². The minimum Gasteiger partial charge on any atom is -0.0986 e. The average Bonchev–Trinajstić information content (AvgIpc) is 3.59. The smallest absolute Gasteiger partial charge is 0.00827 e. The van der Waals surface area contributed by atoms with E-state index in [-0.39, 0.29) is 0 Å². The molecule has 2 bridgehead atoms. The van der Waals surface area contributed by atoms with E-state index in [0.717, 1.165) is 37.0 Å². The normalized spacial score (nSPS) is 27.8. The van der Waals surface area contributed by atoms with E-state index in [4.69, 9.17) is 0 Å². The Morgan fingerprint density at radius 1 is 0.949 bits per heavy atom. The fourth-order valence-corrected chi connectivity index (χ4v) is 8.58. The fraction of sp³-hybridized carbons (Fsp3) is 0.487. The van der Waals surface area contributed by atoms with E-state index in [0.29, 0.717) is 17.3 Å². The van der Waals surface area contributed by atoms with Crippen LogP contribution in [0.25, 0.3) is 17.2 Å². The van der Waals surface area contributed by atoms with Crippen molar-refractivity contribution in [3.05, 3.63) is 100 Å². The standard InChI is InChI=1S/C39H48/c1-24-15-26(3)36(22-33-18-28-12-14-30(33)17-28)38(16-24)34-10-8-9-31-19-29(21-37(31)34)20-35-25(2)11-13-32(27(35)4)23-39(5,6)7/h8-11,13,15-16,19,28,30,32-33,35H,2,4,12,14,17-18,20-23H2,1,3,5-7H3/t28-,30+,32?,33?,35?/m0/s1. The van der Waals surface area contributed by atoms with Crippen molar-refractivity contribution in [2.75, 3.05) is 0 Å². The SMILES string of the molecule is C=C1C=CC(CC(C)(C)C)C(=C)C1CC1=Cc2cccc(-c3cc(C)cc(C)c3CC3C[C@H]4CC[C@@H]3C4)c2C1. The third kappa shape index (κ3) is 5.29. The maximum Gasteiger partial charge on any atom is 0.00827 e. The van der Waals surface area contributed by atoms with Crippen LogP contribution in [-0.4, -0.2) is 0 Å². The van der Waals surface area contributed by atoms with Gasteiger partial charge in [0.15, 0.2) is 0 Å². The van der Waals surface area contributed by atoms with Crippen LogP contribution in [0.1, 0.15) is 87.1 Å². The Bertz CT molecular complexity index is 1370. The van der Waals surface area contributed by atoms with Crippen LogP contribution >= 0.6 is 0 Å². The lowest BCUT2D eigenvalue weighted by molar-refractivity contribution is 0.331. The maximum absolute atomic E-state index is 4.62. The molecule has 0 heterocycles. The molecule has 0 spiro atoms. The largest absolute Gasteiger partial charge is 0.0986 e. The second-order valence-corrected chi connectivity index (χ2v) is 14.7. The Morgan fingerprint density at radius 3 is 2.49 bits per heavy atom. The van der Waals surface area contributed by atoms with Crippen LogP contribution in [0.3, 0.4) is 0 Å². The first-order valence-corrected chi connectivity index (χ1v) is 15.5. The van der Waals surface area contributed by atoms with Crippen molar-refractivity contribution in [1.29, 1.82) is 0 Å². The van der Waals surface area contributed by atoms with Gasteiger partial charge in [-0.2, -0.15) is 0 Å². The monoisotopic (exact) mass is 516 g/mol. The zero-order valence-electron chi connectivity index (χ0n) is 25.1. The first-order chi connectivity index (χ1) is 18.6. The van der Waals surface area contributed by atoms with Crippen LogP contribution in [0.2, 0.25) is 0 Å². The number of hydrogen-bond donors (Lipinski definition) is 0. The molecule has 6 rings (SSSR count). The summed E-state index contributed by atoms with van der Waals surface area (Å²) in [6.07, 6.45) is 17.5. The summed E-state index contributed by atoms with van der Waals surface area (Å²) >= 11 is 0. The van der Waals surface area contributed by atoms with Crippen molar-refractivity contribution in [2.24, 2.45) is 35.0 Å². The molecule has 2 saturated carbocycles. The molecule has 3 unspecified atom stereocenters. The minimum atomic E-state index is 0.292. The second kappa shape index (κ2) is 10.1. The third-order valence-corrected chi connectivity index (χ3v) is 10.4. The molecule has 4 aliphatic rings. The molecule has 4 aliphatic carbocycles. The summed E-state index contributed by atoms with van der Waals surface area (Å²) in [5.41, 5.74) is 14.8. The lowest BCUT2D eigenvalue weighted by Crippen LogP contribution is -2.21. The summed E-state index contributed by atoms with van der Waals surface area (Å²) in [6, 6.07) is 11.9. The van der Waals surface area contributed by atoms with E-state index < -0.39 is 0 Å². The number of rotatable bonds is 6. The van der Waals surface area contributed by atoms with Gasteiger partial charge in [-0.15, -0.1) is 0 Å². The first kappa shape index (κ1) is 26.6. The Kier molecular flexibility index (Phi) is 6.89. The topological polar surface area (TPSA) is 0 Å². The molecule has 0 nitrogen and oxygen atoms in total. The molecule has 204 valence electrons. The number of hydrogen-bond acceptors (Lipinski definition) is 0. The van der Waals surface area contributed by atoms with Crippen LogP contribution in [0.15, 0.2) is 72.4 Å². The molecule has 2 fully saturated rings. The van der Waals surface area contributed by atoms with Gasteiger partial charge in [-0.25, -0.2) is 0 Å². The average molecular weight is 517 g/mol. The summed E-state index contributed by atoms with van der Waals surface area (Å²) < 4.78 is 0. The molecule has 0 N–H and O–H groups in total. The predicted molar refractivity (Wildman–Crippen MR) is 169 cm³/mol. The molecule has 0 aliphatic heterocycles. The molecule has 2 aromatic rings. The summed E-state index contributed by atoms with van der Waals surface area (Å²) in [5.74, 6) is 3.65. The van der Waals surface area contributed by atoms with Gasteiger partial charge in [0.25, 0.3) is 0 Å². The Balaban J connectivity index is 1.26. The van der Waals surface area contributed by atoms with Gasteiger partial charge in [-0.3, -0.25) is 0 Å². The van der Waals surface area contributed by atoms with Gasteiger partial charge in [-0.1, -0.05) is 106 Å². The van der Waals surface area contributed by atoms with Crippen LogP contribution < -0.4 is 0 Å².